The smallest absolute Gasteiger partial charge is 0.384 e. The lowest BCUT2D eigenvalue weighted by Crippen LogP contribution is -2.52. The monoisotopic (exact) mass is 350 g/mol. The van der Waals surface area contributed by atoms with Gasteiger partial charge < -0.3 is 10.0 Å². The second-order valence-corrected chi connectivity index (χ2v) is 6.27. The molecule has 1 amide bonds. The molecule has 2 fully saturated rings. The molecule has 1 aliphatic carbocycles. The van der Waals surface area contributed by atoms with E-state index >= 15 is 0 Å². The lowest BCUT2D eigenvalue weighted by Gasteiger charge is -2.36. The van der Waals surface area contributed by atoms with E-state index in [1.54, 1.807) is 0 Å². The summed E-state index contributed by atoms with van der Waals surface area (Å²) < 4.78 is 66.2. The van der Waals surface area contributed by atoms with Gasteiger partial charge in [0.2, 0.25) is 0 Å². The van der Waals surface area contributed by atoms with Gasteiger partial charge in [-0.25, -0.2) is 13.8 Å². The Bertz CT molecular complexity index is 656. The van der Waals surface area contributed by atoms with Gasteiger partial charge in [0.1, 0.15) is 17.5 Å². The number of aliphatic hydroxyl groups excluding tert-OH is 1. The van der Waals surface area contributed by atoms with Crippen molar-refractivity contribution in [3.63, 3.8) is 0 Å². The van der Waals surface area contributed by atoms with E-state index in [1.165, 1.54) is 0 Å². The van der Waals surface area contributed by atoms with Crippen LogP contribution in [0.5, 0.6) is 0 Å². The zero-order valence-corrected chi connectivity index (χ0v) is 12.5. The van der Waals surface area contributed by atoms with Crippen LogP contribution in [0.2, 0.25) is 0 Å². The quantitative estimate of drug-likeness (QED) is 0.793. The standard InChI is InChI=1S/C15H15F5N2O2/c16-14(17)8-22(13(12(14)24)6-1-2-7-13)11(23)9-4-3-5-10(21-9)15(18,19)20/h3-5,12,24H,1-2,6-8H2. The minimum Gasteiger partial charge on any atom is -0.384 e. The van der Waals surface area contributed by atoms with Crippen molar-refractivity contribution in [2.24, 2.45) is 0 Å². The normalized spacial score (nSPS) is 25.4. The molecule has 4 nitrogen and oxygen atoms in total. The molecule has 1 unspecified atom stereocenters. The van der Waals surface area contributed by atoms with Crippen molar-refractivity contribution >= 4 is 5.91 Å². The Morgan fingerprint density at radius 2 is 1.88 bits per heavy atom. The zero-order chi connectivity index (χ0) is 17.8. The summed E-state index contributed by atoms with van der Waals surface area (Å²) in [7, 11) is 0. The van der Waals surface area contributed by atoms with Crippen LogP contribution in [-0.2, 0) is 6.18 Å². The van der Waals surface area contributed by atoms with E-state index in [0.717, 1.165) is 17.0 Å². The van der Waals surface area contributed by atoms with Gasteiger partial charge in [-0.2, -0.15) is 13.2 Å². The summed E-state index contributed by atoms with van der Waals surface area (Å²) in [6.07, 6.45) is -5.26. The van der Waals surface area contributed by atoms with Crippen molar-refractivity contribution in [2.75, 3.05) is 6.54 Å². The van der Waals surface area contributed by atoms with Crippen LogP contribution in [-0.4, -0.2) is 45.0 Å². The van der Waals surface area contributed by atoms with Gasteiger partial charge in [0, 0.05) is 0 Å². The molecule has 24 heavy (non-hydrogen) atoms. The van der Waals surface area contributed by atoms with Gasteiger partial charge in [-0.05, 0) is 25.0 Å². The Kier molecular flexibility index (Phi) is 3.82. The highest BCUT2D eigenvalue weighted by Crippen LogP contribution is 2.49. The molecule has 1 aliphatic heterocycles. The number of alkyl halides is 5. The fourth-order valence-corrected chi connectivity index (χ4v) is 3.65. The molecular formula is C15H15F5N2O2. The lowest BCUT2D eigenvalue weighted by atomic mass is 9.90. The third kappa shape index (κ3) is 2.54. The Morgan fingerprint density at radius 3 is 2.46 bits per heavy atom. The van der Waals surface area contributed by atoms with Crippen molar-refractivity contribution in [2.45, 2.75) is 49.4 Å². The number of carbonyl (C=O) groups excluding carboxylic acids is 1. The second-order valence-electron chi connectivity index (χ2n) is 6.27. The van der Waals surface area contributed by atoms with Gasteiger partial charge >= 0.3 is 6.18 Å². The summed E-state index contributed by atoms with van der Waals surface area (Å²) in [5.41, 5.74) is -3.25. The molecule has 1 saturated carbocycles. The fourth-order valence-electron chi connectivity index (χ4n) is 3.65. The minimum atomic E-state index is -4.74. The summed E-state index contributed by atoms with van der Waals surface area (Å²) in [4.78, 5) is 16.7. The van der Waals surface area contributed by atoms with Crippen LogP contribution in [0.15, 0.2) is 18.2 Å². The zero-order valence-electron chi connectivity index (χ0n) is 12.5. The average molecular weight is 350 g/mol. The highest BCUT2D eigenvalue weighted by Gasteiger charge is 2.64. The number of aliphatic hydroxyl groups is 1. The Labute approximate surface area is 134 Å². The summed E-state index contributed by atoms with van der Waals surface area (Å²) >= 11 is 0. The van der Waals surface area contributed by atoms with Crippen molar-refractivity contribution in [3.8, 4) is 0 Å². The first-order valence-electron chi connectivity index (χ1n) is 7.50. The molecule has 3 rings (SSSR count). The van der Waals surface area contributed by atoms with Crippen molar-refractivity contribution in [3.05, 3.63) is 29.6 Å². The van der Waals surface area contributed by atoms with E-state index in [9.17, 15) is 31.9 Å². The van der Waals surface area contributed by atoms with Crippen LogP contribution >= 0.6 is 0 Å². The van der Waals surface area contributed by atoms with Crippen molar-refractivity contribution in [1.82, 2.24) is 9.88 Å². The Balaban J connectivity index is 1.97. The van der Waals surface area contributed by atoms with E-state index in [0.29, 0.717) is 18.9 Å². The maximum Gasteiger partial charge on any atom is 0.433 e. The van der Waals surface area contributed by atoms with Gasteiger partial charge in [-0.1, -0.05) is 18.9 Å². The number of hydrogen-bond acceptors (Lipinski definition) is 3. The van der Waals surface area contributed by atoms with Gasteiger partial charge in [-0.3, -0.25) is 4.79 Å². The molecule has 1 N–H and O–H groups in total. The number of nitrogens with zero attached hydrogens (tertiary/aromatic N) is 2. The van der Waals surface area contributed by atoms with Gasteiger partial charge in [0.15, 0.2) is 0 Å². The molecule has 1 aromatic rings. The first kappa shape index (κ1) is 17.1. The average Bonchev–Trinajstić information content (AvgIpc) is 3.07. The summed E-state index contributed by atoms with van der Waals surface area (Å²) in [6, 6.07) is 2.77. The first-order chi connectivity index (χ1) is 11.1. The maximum atomic E-state index is 14.0. The third-order valence-corrected chi connectivity index (χ3v) is 4.79. The Hall–Kier alpha value is -1.77. The van der Waals surface area contributed by atoms with Crippen molar-refractivity contribution in [1.29, 1.82) is 0 Å². The van der Waals surface area contributed by atoms with E-state index in [1.807, 2.05) is 0 Å². The molecular weight excluding hydrogens is 335 g/mol. The van der Waals surface area contributed by atoms with Crippen LogP contribution in [0.25, 0.3) is 0 Å². The molecule has 1 atom stereocenters. The fraction of sp³-hybridized carbons (Fsp3) is 0.600. The number of amides is 1. The van der Waals surface area contributed by atoms with E-state index in [2.05, 4.69) is 4.98 Å². The van der Waals surface area contributed by atoms with Crippen LogP contribution in [0.4, 0.5) is 22.0 Å². The van der Waals surface area contributed by atoms with Crippen LogP contribution in [0, 0.1) is 0 Å². The number of halogens is 5. The van der Waals surface area contributed by atoms with Crippen molar-refractivity contribution < 1.29 is 31.9 Å². The SMILES string of the molecule is O=C(c1cccc(C(F)(F)F)n1)N1CC(F)(F)C(O)C12CCCC2. The molecule has 1 saturated heterocycles. The molecule has 0 aromatic carbocycles. The number of aromatic nitrogens is 1. The number of pyridine rings is 1. The second kappa shape index (κ2) is 5.37. The predicted molar refractivity (Wildman–Crippen MR) is 72.4 cm³/mol. The molecule has 2 aliphatic rings. The molecule has 0 bridgehead atoms. The highest BCUT2D eigenvalue weighted by molar-refractivity contribution is 5.93. The van der Waals surface area contributed by atoms with Crippen LogP contribution in [0.1, 0.15) is 41.9 Å². The molecule has 9 heteroatoms. The summed E-state index contributed by atoms with van der Waals surface area (Å²) in [5, 5.41) is 10.0. The maximum absolute atomic E-state index is 14.0. The molecule has 132 valence electrons. The van der Waals surface area contributed by atoms with Gasteiger partial charge in [0.05, 0.1) is 12.1 Å². The predicted octanol–water partition coefficient (Wildman–Crippen LogP) is 2.87. The number of likely N-dealkylation sites (tertiary alicyclic amines) is 1. The molecule has 1 spiro atoms. The molecule has 1 aromatic heterocycles. The molecule has 0 radical (unpaired) electrons. The minimum absolute atomic E-state index is 0.189. The highest BCUT2D eigenvalue weighted by atomic mass is 19.4. The lowest BCUT2D eigenvalue weighted by molar-refractivity contribution is -0.141. The largest absolute Gasteiger partial charge is 0.433 e. The van der Waals surface area contributed by atoms with Crippen LogP contribution < -0.4 is 0 Å². The van der Waals surface area contributed by atoms with E-state index in [-0.39, 0.29) is 12.8 Å². The van der Waals surface area contributed by atoms with E-state index < -0.39 is 47.6 Å². The topological polar surface area (TPSA) is 53.4 Å². The van der Waals surface area contributed by atoms with E-state index in [4.69, 9.17) is 0 Å². The van der Waals surface area contributed by atoms with Gasteiger partial charge in [-0.15, -0.1) is 0 Å². The molecule has 2 heterocycles. The third-order valence-electron chi connectivity index (χ3n) is 4.79. The number of carbonyl (C=O) groups is 1. The van der Waals surface area contributed by atoms with Crippen LogP contribution in [0.3, 0.4) is 0 Å². The van der Waals surface area contributed by atoms with Gasteiger partial charge in [0.25, 0.3) is 11.8 Å². The summed E-state index contributed by atoms with van der Waals surface area (Å²) in [6.45, 7) is -1.02. The summed E-state index contributed by atoms with van der Waals surface area (Å²) in [5.74, 6) is -4.51. The first-order valence-corrected chi connectivity index (χ1v) is 7.50. The number of rotatable bonds is 1. The number of hydrogen-bond donors (Lipinski definition) is 1. The Morgan fingerprint density at radius 1 is 1.25 bits per heavy atom.